The molecule has 0 unspecified atom stereocenters. The molecule has 0 atom stereocenters. The summed E-state index contributed by atoms with van der Waals surface area (Å²) < 4.78 is 20.4. The van der Waals surface area contributed by atoms with Crippen molar-refractivity contribution in [1.82, 2.24) is 0 Å². The van der Waals surface area contributed by atoms with Crippen molar-refractivity contribution in [1.29, 1.82) is 5.26 Å². The molecule has 0 bridgehead atoms. The van der Waals surface area contributed by atoms with Crippen LogP contribution in [0.2, 0.25) is 6.04 Å². The molecular formula is C7H15NO4Si. The van der Waals surface area contributed by atoms with Crippen molar-refractivity contribution in [3.63, 3.8) is 0 Å². The Morgan fingerprint density at radius 3 is 2.08 bits per heavy atom. The number of rotatable bonds is 7. The van der Waals surface area contributed by atoms with Crippen molar-refractivity contribution >= 4 is 8.80 Å². The van der Waals surface area contributed by atoms with Gasteiger partial charge in [-0.15, -0.1) is 0 Å². The summed E-state index contributed by atoms with van der Waals surface area (Å²) in [5.41, 5.74) is 0. The van der Waals surface area contributed by atoms with Gasteiger partial charge in [-0.1, -0.05) is 0 Å². The van der Waals surface area contributed by atoms with Crippen molar-refractivity contribution in [3.05, 3.63) is 0 Å². The zero-order valence-corrected chi connectivity index (χ0v) is 9.20. The van der Waals surface area contributed by atoms with E-state index in [9.17, 15) is 0 Å². The van der Waals surface area contributed by atoms with Gasteiger partial charge in [0.2, 0.25) is 0 Å². The minimum Gasteiger partial charge on any atom is -0.377 e. The molecule has 13 heavy (non-hydrogen) atoms. The average Bonchev–Trinajstić information content (AvgIpc) is 2.20. The lowest BCUT2D eigenvalue weighted by atomic mass is 10.8. The summed E-state index contributed by atoms with van der Waals surface area (Å²) in [7, 11) is 2.13. The van der Waals surface area contributed by atoms with Crippen molar-refractivity contribution in [2.45, 2.75) is 6.04 Å². The summed E-state index contributed by atoms with van der Waals surface area (Å²) in [4.78, 5) is 0. The van der Waals surface area contributed by atoms with Crippen molar-refractivity contribution in [2.75, 3.05) is 34.5 Å². The maximum atomic E-state index is 8.21. The lowest BCUT2D eigenvalue weighted by Gasteiger charge is -2.23. The molecule has 0 aliphatic rings. The SMILES string of the molecule is CO[Si](CCOCC#N)(OC)OC. The van der Waals surface area contributed by atoms with Gasteiger partial charge >= 0.3 is 8.80 Å². The van der Waals surface area contributed by atoms with E-state index in [1.54, 1.807) is 21.3 Å². The third kappa shape index (κ3) is 4.35. The molecule has 0 radical (unpaired) electrons. The van der Waals surface area contributed by atoms with Gasteiger partial charge in [-0.2, -0.15) is 5.26 Å². The Hall–Kier alpha value is -0.453. The van der Waals surface area contributed by atoms with Crippen LogP contribution in [0.5, 0.6) is 0 Å². The standard InChI is InChI=1S/C7H15NO4Si/c1-9-13(10-2,11-3)7-6-12-5-4-8/h5-7H2,1-3H3. The monoisotopic (exact) mass is 205 g/mol. The number of hydrogen-bond acceptors (Lipinski definition) is 5. The molecule has 0 saturated heterocycles. The summed E-state index contributed by atoms with van der Waals surface area (Å²) in [6.07, 6.45) is 0. The molecule has 0 aromatic heterocycles. The first kappa shape index (κ1) is 12.5. The molecule has 0 N–H and O–H groups in total. The first-order valence-corrected chi connectivity index (χ1v) is 5.78. The van der Waals surface area contributed by atoms with E-state index in [2.05, 4.69) is 0 Å². The second kappa shape index (κ2) is 7.00. The van der Waals surface area contributed by atoms with Crippen LogP contribution in [-0.4, -0.2) is 43.3 Å². The molecule has 0 amide bonds. The zero-order chi connectivity index (χ0) is 10.2. The Morgan fingerprint density at radius 1 is 1.15 bits per heavy atom. The summed E-state index contributed by atoms with van der Waals surface area (Å²) >= 11 is 0. The van der Waals surface area contributed by atoms with Crippen LogP contribution in [0, 0.1) is 11.3 Å². The molecule has 0 aromatic carbocycles. The molecule has 0 saturated carbocycles. The minimum absolute atomic E-state index is 0.0849. The second-order valence-electron chi connectivity index (χ2n) is 2.26. The van der Waals surface area contributed by atoms with Gasteiger partial charge in [0.15, 0.2) is 0 Å². The van der Waals surface area contributed by atoms with Crippen LogP contribution >= 0.6 is 0 Å². The van der Waals surface area contributed by atoms with Gasteiger partial charge in [-0.3, -0.25) is 0 Å². The molecule has 6 heteroatoms. The fraction of sp³-hybridized carbons (Fsp3) is 0.857. The highest BCUT2D eigenvalue weighted by Crippen LogP contribution is 2.11. The Balaban J connectivity index is 3.76. The van der Waals surface area contributed by atoms with E-state index < -0.39 is 8.80 Å². The number of ether oxygens (including phenoxy) is 1. The topological polar surface area (TPSA) is 60.7 Å². The molecule has 76 valence electrons. The van der Waals surface area contributed by atoms with E-state index >= 15 is 0 Å². The van der Waals surface area contributed by atoms with E-state index in [0.29, 0.717) is 12.7 Å². The highest BCUT2D eigenvalue weighted by atomic mass is 28.4. The molecule has 0 heterocycles. The zero-order valence-electron chi connectivity index (χ0n) is 8.20. The molecule has 0 aromatic rings. The third-order valence-corrected chi connectivity index (χ3v) is 4.33. The second-order valence-corrected chi connectivity index (χ2v) is 5.35. The van der Waals surface area contributed by atoms with Crippen LogP contribution in [-0.2, 0) is 18.0 Å². The lowest BCUT2D eigenvalue weighted by Crippen LogP contribution is -2.43. The van der Waals surface area contributed by atoms with Gasteiger partial charge in [0.1, 0.15) is 6.61 Å². The molecular weight excluding hydrogens is 190 g/mol. The average molecular weight is 205 g/mol. The minimum atomic E-state index is -2.50. The normalized spacial score (nSPS) is 11.2. The van der Waals surface area contributed by atoms with Gasteiger partial charge in [-0.05, 0) is 0 Å². The Morgan fingerprint density at radius 2 is 1.69 bits per heavy atom. The van der Waals surface area contributed by atoms with Crippen molar-refractivity contribution in [2.24, 2.45) is 0 Å². The maximum Gasteiger partial charge on any atom is 0.502 e. The molecule has 0 aliphatic carbocycles. The van der Waals surface area contributed by atoms with Crippen LogP contribution in [0.1, 0.15) is 0 Å². The number of hydrogen-bond donors (Lipinski definition) is 0. The van der Waals surface area contributed by atoms with Crippen molar-refractivity contribution < 1.29 is 18.0 Å². The van der Waals surface area contributed by atoms with E-state index in [1.807, 2.05) is 6.07 Å². The Labute approximate surface area is 79.5 Å². The van der Waals surface area contributed by atoms with Gasteiger partial charge in [0.05, 0.1) is 12.7 Å². The first-order chi connectivity index (χ1) is 6.24. The van der Waals surface area contributed by atoms with Crippen LogP contribution in [0.4, 0.5) is 0 Å². The van der Waals surface area contributed by atoms with Crippen LogP contribution < -0.4 is 0 Å². The van der Waals surface area contributed by atoms with Gasteiger partial charge in [0.25, 0.3) is 0 Å². The van der Waals surface area contributed by atoms with Gasteiger partial charge < -0.3 is 18.0 Å². The predicted molar refractivity (Wildman–Crippen MR) is 48.0 cm³/mol. The van der Waals surface area contributed by atoms with E-state index in [4.69, 9.17) is 23.3 Å². The van der Waals surface area contributed by atoms with E-state index in [-0.39, 0.29) is 6.61 Å². The van der Waals surface area contributed by atoms with Crippen molar-refractivity contribution in [3.8, 4) is 6.07 Å². The highest BCUT2D eigenvalue weighted by Gasteiger charge is 2.37. The summed E-state index contributed by atoms with van der Waals surface area (Å²) in [6.45, 7) is 0.497. The molecule has 0 aliphatic heterocycles. The fourth-order valence-corrected chi connectivity index (χ4v) is 2.38. The summed E-state index contributed by atoms with van der Waals surface area (Å²) in [5, 5.41) is 8.21. The molecule has 0 rings (SSSR count). The van der Waals surface area contributed by atoms with E-state index in [1.165, 1.54) is 0 Å². The van der Waals surface area contributed by atoms with Crippen LogP contribution in [0.25, 0.3) is 0 Å². The maximum absolute atomic E-state index is 8.21. The summed E-state index contributed by atoms with van der Waals surface area (Å²) in [6, 6.07) is 2.43. The molecule has 0 fully saturated rings. The van der Waals surface area contributed by atoms with Gasteiger partial charge in [0, 0.05) is 27.4 Å². The van der Waals surface area contributed by atoms with Crippen LogP contribution in [0.15, 0.2) is 0 Å². The Kier molecular flexibility index (Phi) is 6.76. The molecule has 0 spiro atoms. The predicted octanol–water partition coefficient (Wildman–Crippen LogP) is 0.405. The smallest absolute Gasteiger partial charge is 0.377 e. The third-order valence-electron chi connectivity index (χ3n) is 1.65. The number of nitriles is 1. The van der Waals surface area contributed by atoms with E-state index in [0.717, 1.165) is 0 Å². The highest BCUT2D eigenvalue weighted by molar-refractivity contribution is 6.60. The Bertz CT molecular complexity index is 158. The lowest BCUT2D eigenvalue weighted by molar-refractivity contribution is 0.104. The van der Waals surface area contributed by atoms with Crippen LogP contribution in [0.3, 0.4) is 0 Å². The summed E-state index contributed by atoms with van der Waals surface area (Å²) in [5.74, 6) is 0. The van der Waals surface area contributed by atoms with Gasteiger partial charge in [-0.25, -0.2) is 0 Å². The largest absolute Gasteiger partial charge is 0.502 e. The fourth-order valence-electron chi connectivity index (χ4n) is 0.871. The molecule has 5 nitrogen and oxygen atoms in total. The quantitative estimate of drug-likeness (QED) is 0.445. The first-order valence-electron chi connectivity index (χ1n) is 3.85. The number of nitrogens with zero attached hydrogens (tertiary/aromatic N) is 1.